The van der Waals surface area contributed by atoms with Crippen LogP contribution in [0.15, 0.2) is 51.9 Å². The fourth-order valence-electron chi connectivity index (χ4n) is 3.27. The lowest BCUT2D eigenvalue weighted by atomic mass is 10.1. The number of thioether (sulfide) groups is 1. The lowest BCUT2D eigenvalue weighted by Gasteiger charge is -2.10. The molecule has 2 aromatic heterocycles. The first-order valence-corrected chi connectivity index (χ1v) is 10.3. The fraction of sp³-hybridized carbons (Fsp3) is 0.143. The zero-order chi connectivity index (χ0) is 22.1. The number of carboxylic acid groups (broad SMARTS) is 1. The molecular weight excluding hydrogens is 440 g/mol. The maximum Gasteiger partial charge on any atom is 0.373 e. The number of thiocarbonyl (C=S) groups is 1. The van der Waals surface area contributed by atoms with E-state index in [1.807, 2.05) is 35.0 Å². The number of esters is 1. The number of rotatable bonds is 6. The number of benzene rings is 1. The second kappa shape index (κ2) is 8.40. The van der Waals surface area contributed by atoms with Gasteiger partial charge in [0.05, 0.1) is 18.6 Å². The van der Waals surface area contributed by atoms with Crippen molar-refractivity contribution in [3.63, 3.8) is 0 Å². The highest BCUT2D eigenvalue weighted by Crippen LogP contribution is 2.34. The summed E-state index contributed by atoms with van der Waals surface area (Å²) in [6, 6.07) is 10.9. The average molecular weight is 457 g/mol. The highest BCUT2D eigenvalue weighted by molar-refractivity contribution is 8.26. The number of nitrogens with zero attached hydrogens (tertiary/aromatic N) is 2. The molecule has 1 N–H and O–H groups in total. The average Bonchev–Trinajstić information content (AvgIpc) is 3.42. The Kier molecular flexibility index (Phi) is 5.66. The molecule has 0 radical (unpaired) electrons. The fourth-order valence-corrected chi connectivity index (χ4v) is 4.52. The number of methoxy groups -OCH3 is 1. The number of carbonyl (C=O) groups excluding carboxylic acids is 2. The minimum atomic E-state index is -1.13. The Morgan fingerprint density at radius 1 is 1.26 bits per heavy atom. The van der Waals surface area contributed by atoms with Gasteiger partial charge in [0.15, 0.2) is 0 Å². The molecule has 3 heterocycles. The number of furan rings is 1. The van der Waals surface area contributed by atoms with Crippen LogP contribution >= 0.6 is 24.0 Å². The lowest BCUT2D eigenvalue weighted by Crippen LogP contribution is -2.33. The molecule has 0 spiro atoms. The van der Waals surface area contributed by atoms with Crippen molar-refractivity contribution in [1.29, 1.82) is 0 Å². The van der Waals surface area contributed by atoms with Gasteiger partial charge in [-0.1, -0.05) is 42.2 Å². The smallest absolute Gasteiger partial charge is 0.373 e. The zero-order valence-corrected chi connectivity index (χ0v) is 17.9. The molecule has 0 atom stereocenters. The Hall–Kier alpha value is -3.37. The van der Waals surface area contributed by atoms with Gasteiger partial charge in [-0.15, -0.1) is 0 Å². The van der Waals surface area contributed by atoms with Crippen LogP contribution in [0.4, 0.5) is 0 Å². The molecule has 1 fully saturated rings. The molecule has 4 rings (SSSR count). The van der Waals surface area contributed by atoms with E-state index in [-0.39, 0.29) is 10.1 Å². The van der Waals surface area contributed by atoms with Gasteiger partial charge in [-0.2, -0.15) is 0 Å². The summed E-state index contributed by atoms with van der Waals surface area (Å²) >= 11 is 6.23. The van der Waals surface area contributed by atoms with Gasteiger partial charge in [0.25, 0.3) is 5.91 Å². The second-order valence-corrected chi connectivity index (χ2v) is 8.32. The molecule has 1 aliphatic rings. The first-order chi connectivity index (χ1) is 14.9. The van der Waals surface area contributed by atoms with Gasteiger partial charge in [0, 0.05) is 22.7 Å². The van der Waals surface area contributed by atoms with Crippen molar-refractivity contribution >= 4 is 63.1 Å². The van der Waals surface area contributed by atoms with Gasteiger partial charge in [0.1, 0.15) is 16.6 Å². The number of hydrogen-bond donors (Lipinski definition) is 1. The number of ether oxygens (including phenoxy) is 1. The number of carboxylic acids is 1. The van der Waals surface area contributed by atoms with Crippen molar-refractivity contribution in [3.05, 3.63) is 64.6 Å². The first kappa shape index (κ1) is 20.9. The summed E-state index contributed by atoms with van der Waals surface area (Å²) in [5.41, 5.74) is 1.69. The summed E-state index contributed by atoms with van der Waals surface area (Å²) in [5.74, 6) is -1.41. The monoisotopic (exact) mass is 456 g/mol. The minimum Gasteiger partial charge on any atom is -0.480 e. The third-order valence-corrected chi connectivity index (χ3v) is 6.03. The highest BCUT2D eigenvalue weighted by atomic mass is 32.2. The van der Waals surface area contributed by atoms with Crippen LogP contribution in [-0.4, -0.2) is 50.4 Å². The Balaban J connectivity index is 1.67. The molecule has 31 heavy (non-hydrogen) atoms. The van der Waals surface area contributed by atoms with E-state index >= 15 is 0 Å². The molecule has 8 nitrogen and oxygen atoms in total. The number of fused-ring (bicyclic) bond motifs is 1. The SMILES string of the molecule is COC(=O)c1ccc(Cn2cc(/C=C3/SC(=S)N(CC(=O)O)C3=O)c3ccccc32)o1. The van der Waals surface area contributed by atoms with Crippen LogP contribution in [-0.2, 0) is 20.9 Å². The summed E-state index contributed by atoms with van der Waals surface area (Å²) < 4.78 is 12.4. The molecule has 1 amide bonds. The van der Waals surface area contributed by atoms with Gasteiger partial charge < -0.3 is 18.8 Å². The van der Waals surface area contributed by atoms with Crippen molar-refractivity contribution in [2.75, 3.05) is 13.7 Å². The Bertz CT molecular complexity index is 1260. The van der Waals surface area contributed by atoms with E-state index in [1.165, 1.54) is 7.11 Å². The quantitative estimate of drug-likeness (QED) is 0.342. The summed E-state index contributed by atoms with van der Waals surface area (Å²) in [4.78, 5) is 36.7. The molecule has 1 aromatic carbocycles. The number of hydrogen-bond acceptors (Lipinski definition) is 7. The second-order valence-electron chi connectivity index (χ2n) is 6.65. The van der Waals surface area contributed by atoms with Crippen LogP contribution in [0.25, 0.3) is 17.0 Å². The summed E-state index contributed by atoms with van der Waals surface area (Å²) in [6.45, 7) is -0.101. The van der Waals surface area contributed by atoms with Gasteiger partial charge in [0.2, 0.25) is 5.76 Å². The normalized spacial score (nSPS) is 15.3. The summed E-state index contributed by atoms with van der Waals surface area (Å²) in [7, 11) is 1.29. The number of carbonyl (C=O) groups is 3. The van der Waals surface area contributed by atoms with E-state index in [0.29, 0.717) is 17.2 Å². The predicted octanol–water partition coefficient (Wildman–Crippen LogP) is 3.36. The van der Waals surface area contributed by atoms with Crippen LogP contribution in [0.2, 0.25) is 0 Å². The Morgan fingerprint density at radius 2 is 2.03 bits per heavy atom. The van der Waals surface area contributed by atoms with Gasteiger partial charge in [-0.25, -0.2) is 4.79 Å². The number of amides is 1. The Labute approximate surface area is 186 Å². The molecule has 3 aromatic rings. The van der Waals surface area contributed by atoms with E-state index in [0.717, 1.165) is 33.1 Å². The molecule has 1 aliphatic heterocycles. The third-order valence-electron chi connectivity index (χ3n) is 4.65. The van der Waals surface area contributed by atoms with Crippen molar-refractivity contribution in [1.82, 2.24) is 9.47 Å². The number of para-hydroxylation sites is 1. The van der Waals surface area contributed by atoms with Gasteiger partial charge >= 0.3 is 11.9 Å². The van der Waals surface area contributed by atoms with Crippen molar-refractivity contribution in [2.45, 2.75) is 6.54 Å². The summed E-state index contributed by atoms with van der Waals surface area (Å²) in [5, 5.41) is 9.91. The molecule has 0 saturated carbocycles. The van der Waals surface area contributed by atoms with E-state index in [4.69, 9.17) is 21.7 Å². The standard InChI is InChI=1S/C21H16N2O6S2/c1-28-20(27)16-7-6-13(29-16)10-22-9-12(14-4-2-3-5-15(14)22)8-17-19(26)23(11-18(24)25)21(30)31-17/h2-9H,10-11H2,1H3,(H,24,25)/b17-8+. The lowest BCUT2D eigenvalue weighted by molar-refractivity contribution is -0.140. The van der Waals surface area contributed by atoms with E-state index in [2.05, 4.69) is 4.74 Å². The summed E-state index contributed by atoms with van der Waals surface area (Å²) in [6.07, 6.45) is 3.58. The molecule has 0 unspecified atom stereocenters. The maximum absolute atomic E-state index is 12.6. The van der Waals surface area contributed by atoms with Crippen molar-refractivity contribution in [3.8, 4) is 0 Å². The maximum atomic E-state index is 12.6. The zero-order valence-electron chi connectivity index (χ0n) is 16.2. The molecule has 158 valence electrons. The van der Waals surface area contributed by atoms with Gasteiger partial charge in [-0.3, -0.25) is 14.5 Å². The highest BCUT2D eigenvalue weighted by Gasteiger charge is 2.33. The predicted molar refractivity (Wildman–Crippen MR) is 119 cm³/mol. The van der Waals surface area contributed by atoms with Crippen molar-refractivity contribution < 1.29 is 28.6 Å². The largest absolute Gasteiger partial charge is 0.480 e. The van der Waals surface area contributed by atoms with E-state index in [1.54, 1.807) is 18.2 Å². The molecule has 1 saturated heterocycles. The van der Waals surface area contributed by atoms with E-state index < -0.39 is 24.4 Å². The molecule has 10 heteroatoms. The van der Waals surface area contributed by atoms with Crippen LogP contribution in [0, 0.1) is 0 Å². The van der Waals surface area contributed by atoms with Crippen LogP contribution in [0.1, 0.15) is 21.9 Å². The third kappa shape index (κ3) is 4.12. The van der Waals surface area contributed by atoms with Gasteiger partial charge in [-0.05, 0) is 24.3 Å². The van der Waals surface area contributed by atoms with E-state index in [9.17, 15) is 14.4 Å². The Morgan fingerprint density at radius 3 is 2.77 bits per heavy atom. The minimum absolute atomic E-state index is 0.122. The number of aliphatic carboxylic acids is 1. The molecule has 0 aliphatic carbocycles. The topological polar surface area (TPSA) is 102 Å². The van der Waals surface area contributed by atoms with Crippen LogP contribution in [0.5, 0.6) is 0 Å². The molecule has 0 bridgehead atoms. The van der Waals surface area contributed by atoms with Crippen LogP contribution in [0.3, 0.4) is 0 Å². The van der Waals surface area contributed by atoms with Crippen molar-refractivity contribution in [2.24, 2.45) is 0 Å². The first-order valence-electron chi connectivity index (χ1n) is 9.09. The molecular formula is C21H16N2O6S2. The number of aromatic nitrogens is 1. The van der Waals surface area contributed by atoms with Crippen LogP contribution < -0.4 is 0 Å².